The van der Waals surface area contributed by atoms with Crippen molar-refractivity contribution in [1.82, 2.24) is 29.1 Å². The van der Waals surface area contributed by atoms with Crippen molar-refractivity contribution >= 4 is 16.7 Å². The van der Waals surface area contributed by atoms with Crippen molar-refractivity contribution in [2.45, 2.75) is 25.8 Å². The maximum absolute atomic E-state index is 13.4. The number of hydrogen-bond donors (Lipinski definition) is 0. The van der Waals surface area contributed by atoms with E-state index in [1.54, 1.807) is 30.3 Å². The molecule has 0 spiro atoms. The minimum absolute atomic E-state index is 0.134. The summed E-state index contributed by atoms with van der Waals surface area (Å²) in [5.74, 6) is -0.315. The Morgan fingerprint density at radius 1 is 1.06 bits per heavy atom. The van der Waals surface area contributed by atoms with E-state index in [4.69, 9.17) is 5.10 Å². The average Bonchev–Trinajstić information content (AvgIpc) is 3.58. The summed E-state index contributed by atoms with van der Waals surface area (Å²) in [5.41, 5.74) is 3.71. The number of hydrogen-bond acceptors (Lipinski definition) is 6. The van der Waals surface area contributed by atoms with Gasteiger partial charge in [0.1, 0.15) is 23.2 Å². The quantitative estimate of drug-likeness (QED) is 0.287. The number of nitro benzene ring substituents is 1. The second kappa shape index (κ2) is 7.97. The summed E-state index contributed by atoms with van der Waals surface area (Å²) in [6.07, 6.45) is 5.48. The van der Waals surface area contributed by atoms with Crippen molar-refractivity contribution in [3.8, 4) is 11.4 Å². The van der Waals surface area contributed by atoms with E-state index in [9.17, 15) is 19.3 Å². The van der Waals surface area contributed by atoms with Crippen molar-refractivity contribution in [1.29, 1.82) is 0 Å². The molecule has 6 rings (SSSR count). The van der Waals surface area contributed by atoms with Gasteiger partial charge in [0, 0.05) is 11.8 Å². The summed E-state index contributed by atoms with van der Waals surface area (Å²) >= 11 is 0. The van der Waals surface area contributed by atoms with E-state index in [1.165, 1.54) is 40.0 Å². The molecule has 0 atom stereocenters. The van der Waals surface area contributed by atoms with Gasteiger partial charge in [0.2, 0.25) is 0 Å². The fraction of sp³-hybridized carbons (Fsp3) is 0.167. The van der Waals surface area contributed by atoms with Gasteiger partial charge in [-0.25, -0.2) is 18.7 Å². The number of rotatable bonds is 5. The van der Waals surface area contributed by atoms with Gasteiger partial charge < -0.3 is 0 Å². The first-order valence-electron chi connectivity index (χ1n) is 11.0. The predicted molar refractivity (Wildman–Crippen MR) is 124 cm³/mol. The first kappa shape index (κ1) is 20.9. The van der Waals surface area contributed by atoms with E-state index in [2.05, 4.69) is 10.1 Å². The van der Waals surface area contributed by atoms with E-state index in [0.717, 1.165) is 41.9 Å². The molecule has 0 amide bonds. The van der Waals surface area contributed by atoms with Crippen molar-refractivity contribution in [2.75, 3.05) is 0 Å². The molecule has 0 aliphatic heterocycles. The zero-order chi connectivity index (χ0) is 24.1. The van der Waals surface area contributed by atoms with Gasteiger partial charge in [-0.3, -0.25) is 19.5 Å². The van der Waals surface area contributed by atoms with Crippen LogP contribution < -0.4 is 5.56 Å². The van der Waals surface area contributed by atoms with Crippen LogP contribution in [0.4, 0.5) is 10.1 Å². The maximum Gasteiger partial charge on any atom is 0.294 e. The summed E-state index contributed by atoms with van der Waals surface area (Å²) in [4.78, 5) is 28.6. The van der Waals surface area contributed by atoms with Crippen molar-refractivity contribution in [3.05, 3.63) is 104 Å². The second-order valence-corrected chi connectivity index (χ2v) is 8.33. The van der Waals surface area contributed by atoms with E-state index >= 15 is 0 Å². The van der Waals surface area contributed by atoms with Gasteiger partial charge in [-0.2, -0.15) is 10.2 Å². The van der Waals surface area contributed by atoms with Crippen molar-refractivity contribution in [3.63, 3.8) is 0 Å². The predicted octanol–water partition coefficient (Wildman–Crippen LogP) is 3.35. The van der Waals surface area contributed by atoms with Crippen LogP contribution in [0.2, 0.25) is 0 Å². The summed E-state index contributed by atoms with van der Waals surface area (Å²) in [5, 5.41) is 20.6. The normalized spacial score (nSPS) is 12.8. The summed E-state index contributed by atoms with van der Waals surface area (Å²) < 4.78 is 18.0. The Hall–Kier alpha value is -4.67. The first-order valence-corrected chi connectivity index (χ1v) is 11.0. The average molecular weight is 471 g/mol. The highest BCUT2D eigenvalue weighted by molar-refractivity contribution is 5.76. The molecule has 3 heterocycles. The smallest absolute Gasteiger partial charge is 0.292 e. The van der Waals surface area contributed by atoms with Crippen LogP contribution in [-0.4, -0.2) is 34.0 Å². The molecule has 0 fully saturated rings. The Bertz CT molecular complexity index is 1670. The molecule has 0 radical (unpaired) electrons. The fourth-order valence-electron chi connectivity index (χ4n) is 4.63. The van der Waals surface area contributed by atoms with Crippen LogP contribution in [-0.2, 0) is 19.4 Å². The number of benzene rings is 2. The van der Waals surface area contributed by atoms with Crippen LogP contribution in [0.3, 0.4) is 0 Å². The largest absolute Gasteiger partial charge is 0.294 e. The SMILES string of the molecule is O=c1c2cnn(-c3ccccc3[N+](=O)[O-])c2ncn1Cc1nn(-c2ccc(F)cc2)c2c1CCC2. The number of nitrogens with zero attached hydrogens (tertiary/aromatic N) is 7. The third-order valence-corrected chi connectivity index (χ3v) is 6.27. The second-order valence-electron chi connectivity index (χ2n) is 8.33. The van der Waals surface area contributed by atoms with Gasteiger partial charge in [-0.1, -0.05) is 12.1 Å². The van der Waals surface area contributed by atoms with Gasteiger partial charge in [-0.05, 0) is 55.2 Å². The molecule has 35 heavy (non-hydrogen) atoms. The van der Waals surface area contributed by atoms with Crippen molar-refractivity contribution < 1.29 is 9.31 Å². The maximum atomic E-state index is 13.4. The number of halogens is 1. The van der Waals surface area contributed by atoms with E-state index in [1.807, 2.05) is 4.68 Å². The molecular formula is C24H18FN7O3. The van der Waals surface area contributed by atoms with Gasteiger partial charge in [0.05, 0.1) is 29.0 Å². The Balaban J connectivity index is 1.40. The zero-order valence-corrected chi connectivity index (χ0v) is 18.3. The molecule has 3 aromatic heterocycles. The highest BCUT2D eigenvalue weighted by Gasteiger charge is 2.24. The lowest BCUT2D eigenvalue weighted by atomic mass is 10.2. The van der Waals surface area contributed by atoms with Gasteiger partial charge >= 0.3 is 0 Å². The van der Waals surface area contributed by atoms with Crippen LogP contribution in [0.25, 0.3) is 22.4 Å². The summed E-state index contributed by atoms with van der Waals surface area (Å²) in [7, 11) is 0. The molecule has 5 aromatic rings. The minimum Gasteiger partial charge on any atom is -0.292 e. The lowest BCUT2D eigenvalue weighted by molar-refractivity contribution is -0.384. The Kier molecular flexibility index (Phi) is 4.76. The van der Waals surface area contributed by atoms with Gasteiger partial charge in [0.25, 0.3) is 11.2 Å². The minimum atomic E-state index is -0.498. The van der Waals surface area contributed by atoms with Gasteiger partial charge in [-0.15, -0.1) is 0 Å². The Morgan fingerprint density at radius 3 is 2.66 bits per heavy atom. The molecule has 0 N–H and O–H groups in total. The standard InChI is InChI=1S/C24H18FN7O3/c25-15-8-10-16(11-9-15)30-20-7-3-4-17(20)19(28-30)13-29-14-26-23-18(24(29)33)12-27-31(23)21-5-1-2-6-22(21)32(34)35/h1-2,5-6,8-12,14H,3-4,7,13H2. The molecule has 0 saturated carbocycles. The molecule has 174 valence electrons. The van der Waals surface area contributed by atoms with Crippen LogP contribution in [0.5, 0.6) is 0 Å². The number of fused-ring (bicyclic) bond motifs is 2. The number of nitro groups is 1. The molecular weight excluding hydrogens is 453 g/mol. The topological polar surface area (TPSA) is 114 Å². The van der Waals surface area contributed by atoms with E-state index in [-0.39, 0.29) is 40.3 Å². The molecule has 2 aromatic carbocycles. The zero-order valence-electron chi connectivity index (χ0n) is 18.3. The van der Waals surface area contributed by atoms with Crippen LogP contribution in [0.1, 0.15) is 23.4 Å². The number of aromatic nitrogens is 6. The van der Waals surface area contributed by atoms with E-state index in [0.29, 0.717) is 0 Å². The number of para-hydroxylation sites is 2. The van der Waals surface area contributed by atoms with E-state index < -0.39 is 4.92 Å². The highest BCUT2D eigenvalue weighted by atomic mass is 19.1. The van der Waals surface area contributed by atoms with Crippen LogP contribution in [0, 0.1) is 15.9 Å². The lowest BCUT2D eigenvalue weighted by Gasteiger charge is -2.07. The first-order chi connectivity index (χ1) is 17.0. The van der Waals surface area contributed by atoms with Crippen LogP contribution >= 0.6 is 0 Å². The molecule has 10 nitrogen and oxygen atoms in total. The summed E-state index contributed by atoms with van der Waals surface area (Å²) in [6.45, 7) is 0.217. The molecule has 0 unspecified atom stereocenters. The summed E-state index contributed by atoms with van der Waals surface area (Å²) in [6, 6.07) is 12.3. The third-order valence-electron chi connectivity index (χ3n) is 6.27. The molecule has 1 aliphatic carbocycles. The highest BCUT2D eigenvalue weighted by Crippen LogP contribution is 2.28. The molecule has 0 bridgehead atoms. The monoisotopic (exact) mass is 471 g/mol. The van der Waals surface area contributed by atoms with Gasteiger partial charge in [0.15, 0.2) is 5.65 Å². The molecule has 11 heteroatoms. The molecule has 1 aliphatic rings. The Morgan fingerprint density at radius 2 is 1.86 bits per heavy atom. The Labute approximate surface area is 197 Å². The van der Waals surface area contributed by atoms with Crippen molar-refractivity contribution in [2.24, 2.45) is 0 Å². The lowest BCUT2D eigenvalue weighted by Crippen LogP contribution is -2.22. The third kappa shape index (κ3) is 3.39. The van der Waals surface area contributed by atoms with Crippen LogP contribution in [0.15, 0.2) is 65.8 Å². The molecule has 0 saturated heterocycles. The fourth-order valence-corrected chi connectivity index (χ4v) is 4.63.